The van der Waals surface area contributed by atoms with E-state index in [4.69, 9.17) is 9.84 Å². The van der Waals surface area contributed by atoms with Gasteiger partial charge in [-0.05, 0) is 26.7 Å². The van der Waals surface area contributed by atoms with Gasteiger partial charge in [-0.3, -0.25) is 4.79 Å². The SMILES string of the molecule is CC(C)OC=O.OC1CCOCC1. The number of carbonyl (C=O) groups excluding carboxylic acids is 1. The highest BCUT2D eigenvalue weighted by atomic mass is 16.5. The average molecular weight is 190 g/mol. The second-order valence-corrected chi connectivity index (χ2v) is 3.12. The van der Waals surface area contributed by atoms with Crippen LogP contribution in [-0.2, 0) is 14.3 Å². The van der Waals surface area contributed by atoms with Gasteiger partial charge in [0.05, 0.1) is 12.2 Å². The molecule has 0 aromatic rings. The van der Waals surface area contributed by atoms with Crippen molar-refractivity contribution in [3.8, 4) is 0 Å². The van der Waals surface area contributed by atoms with Crippen molar-refractivity contribution in [2.75, 3.05) is 13.2 Å². The minimum Gasteiger partial charge on any atom is -0.465 e. The third-order valence-electron chi connectivity index (χ3n) is 1.52. The van der Waals surface area contributed by atoms with Crippen molar-refractivity contribution in [2.45, 2.75) is 38.9 Å². The molecule has 1 rings (SSSR count). The van der Waals surface area contributed by atoms with Crippen molar-refractivity contribution < 1.29 is 19.4 Å². The molecule has 0 radical (unpaired) electrons. The van der Waals surface area contributed by atoms with Crippen LogP contribution in [0.15, 0.2) is 0 Å². The fourth-order valence-electron chi connectivity index (χ4n) is 0.796. The molecule has 1 fully saturated rings. The molecule has 1 saturated heterocycles. The first-order valence-corrected chi connectivity index (χ1v) is 4.51. The third kappa shape index (κ3) is 9.30. The van der Waals surface area contributed by atoms with Crippen molar-refractivity contribution in [2.24, 2.45) is 0 Å². The first-order valence-electron chi connectivity index (χ1n) is 4.51. The van der Waals surface area contributed by atoms with Crippen LogP contribution in [0.25, 0.3) is 0 Å². The Hall–Kier alpha value is -0.610. The maximum atomic E-state index is 9.39. The zero-order valence-corrected chi connectivity index (χ0v) is 8.23. The molecule has 0 aromatic heterocycles. The summed E-state index contributed by atoms with van der Waals surface area (Å²) in [6.07, 6.45) is 1.58. The molecule has 1 N–H and O–H groups in total. The van der Waals surface area contributed by atoms with E-state index in [0.29, 0.717) is 6.47 Å². The molecule has 0 saturated carbocycles. The number of ether oxygens (including phenoxy) is 2. The summed E-state index contributed by atoms with van der Waals surface area (Å²) in [5.74, 6) is 0. The predicted octanol–water partition coefficient (Wildman–Crippen LogP) is 0.726. The van der Waals surface area contributed by atoms with Crippen molar-refractivity contribution in [1.82, 2.24) is 0 Å². The second-order valence-electron chi connectivity index (χ2n) is 3.12. The highest BCUT2D eigenvalue weighted by Gasteiger charge is 2.07. The summed E-state index contributed by atoms with van der Waals surface area (Å²) < 4.78 is 9.34. The van der Waals surface area contributed by atoms with Crippen LogP contribution in [0.2, 0.25) is 0 Å². The molecule has 4 heteroatoms. The van der Waals surface area contributed by atoms with Gasteiger partial charge < -0.3 is 14.6 Å². The number of rotatable bonds is 2. The molecule has 0 aromatic carbocycles. The van der Waals surface area contributed by atoms with E-state index in [1.54, 1.807) is 13.8 Å². The largest absolute Gasteiger partial charge is 0.465 e. The lowest BCUT2D eigenvalue weighted by atomic mass is 10.2. The van der Waals surface area contributed by atoms with Crippen LogP contribution in [0.1, 0.15) is 26.7 Å². The Bertz CT molecular complexity index is 119. The van der Waals surface area contributed by atoms with E-state index in [-0.39, 0.29) is 12.2 Å². The molecule has 0 spiro atoms. The van der Waals surface area contributed by atoms with Crippen LogP contribution in [0.5, 0.6) is 0 Å². The number of aliphatic hydroxyl groups is 1. The molecule has 1 aliphatic rings. The van der Waals surface area contributed by atoms with Crippen LogP contribution in [0.3, 0.4) is 0 Å². The van der Waals surface area contributed by atoms with E-state index < -0.39 is 0 Å². The van der Waals surface area contributed by atoms with Crippen LogP contribution in [0, 0.1) is 0 Å². The maximum absolute atomic E-state index is 9.39. The number of aliphatic hydroxyl groups excluding tert-OH is 1. The van der Waals surface area contributed by atoms with Gasteiger partial charge in [-0.15, -0.1) is 0 Å². The van der Waals surface area contributed by atoms with Gasteiger partial charge in [0.1, 0.15) is 0 Å². The lowest BCUT2D eigenvalue weighted by Gasteiger charge is -2.15. The van der Waals surface area contributed by atoms with Gasteiger partial charge >= 0.3 is 0 Å². The number of hydrogen-bond donors (Lipinski definition) is 1. The Balaban J connectivity index is 0.000000226. The number of hydrogen-bond acceptors (Lipinski definition) is 4. The normalized spacial score (nSPS) is 17.5. The minimum absolute atomic E-state index is 0.0301. The van der Waals surface area contributed by atoms with Crippen LogP contribution >= 0.6 is 0 Å². The predicted molar refractivity (Wildman–Crippen MR) is 48.3 cm³/mol. The number of carbonyl (C=O) groups is 1. The molecule has 0 bridgehead atoms. The summed E-state index contributed by atoms with van der Waals surface area (Å²) in [4.78, 5) is 9.39. The van der Waals surface area contributed by atoms with Gasteiger partial charge in [0.15, 0.2) is 0 Å². The Kier molecular flexibility index (Phi) is 7.63. The van der Waals surface area contributed by atoms with Gasteiger partial charge in [0.2, 0.25) is 0 Å². The Morgan fingerprint density at radius 3 is 2.15 bits per heavy atom. The summed E-state index contributed by atoms with van der Waals surface area (Å²) in [5, 5.41) is 8.83. The minimum atomic E-state index is -0.0891. The van der Waals surface area contributed by atoms with Gasteiger partial charge in [0.25, 0.3) is 6.47 Å². The first-order chi connectivity index (χ1) is 6.16. The Morgan fingerprint density at radius 1 is 1.46 bits per heavy atom. The van der Waals surface area contributed by atoms with E-state index in [9.17, 15) is 4.79 Å². The average Bonchev–Trinajstić information content (AvgIpc) is 2.06. The van der Waals surface area contributed by atoms with Crippen LogP contribution in [0.4, 0.5) is 0 Å². The molecule has 0 amide bonds. The molecule has 1 aliphatic heterocycles. The van der Waals surface area contributed by atoms with Gasteiger partial charge in [-0.2, -0.15) is 0 Å². The lowest BCUT2D eigenvalue weighted by Crippen LogP contribution is -2.19. The Labute approximate surface area is 78.8 Å². The fraction of sp³-hybridized carbons (Fsp3) is 0.889. The molecular formula is C9H18O4. The molecule has 13 heavy (non-hydrogen) atoms. The summed E-state index contributed by atoms with van der Waals surface area (Å²) in [5.41, 5.74) is 0. The zero-order valence-electron chi connectivity index (χ0n) is 8.23. The van der Waals surface area contributed by atoms with E-state index in [1.165, 1.54) is 0 Å². The molecular weight excluding hydrogens is 172 g/mol. The van der Waals surface area contributed by atoms with Crippen molar-refractivity contribution in [3.63, 3.8) is 0 Å². The van der Waals surface area contributed by atoms with Crippen LogP contribution < -0.4 is 0 Å². The monoisotopic (exact) mass is 190 g/mol. The van der Waals surface area contributed by atoms with E-state index in [1.807, 2.05) is 0 Å². The van der Waals surface area contributed by atoms with Crippen LogP contribution in [-0.4, -0.2) is 37.0 Å². The maximum Gasteiger partial charge on any atom is 0.293 e. The first kappa shape index (κ1) is 12.4. The van der Waals surface area contributed by atoms with E-state index >= 15 is 0 Å². The molecule has 78 valence electrons. The highest BCUT2D eigenvalue weighted by molar-refractivity contribution is 5.37. The van der Waals surface area contributed by atoms with E-state index in [2.05, 4.69) is 4.74 Å². The van der Waals surface area contributed by atoms with Gasteiger partial charge in [-0.25, -0.2) is 0 Å². The third-order valence-corrected chi connectivity index (χ3v) is 1.52. The summed E-state index contributed by atoms with van der Waals surface area (Å²) in [6, 6.07) is 0. The zero-order chi connectivity index (χ0) is 10.1. The van der Waals surface area contributed by atoms with Gasteiger partial charge in [-0.1, -0.05) is 0 Å². The summed E-state index contributed by atoms with van der Waals surface area (Å²) in [6.45, 7) is 5.52. The molecule has 0 aliphatic carbocycles. The Morgan fingerprint density at radius 2 is 2.00 bits per heavy atom. The van der Waals surface area contributed by atoms with Crippen molar-refractivity contribution in [3.05, 3.63) is 0 Å². The molecule has 0 atom stereocenters. The quantitative estimate of drug-likeness (QED) is 0.652. The standard InChI is InChI=1S/C5H10O2.C4H8O2/c6-5-1-3-7-4-2-5;1-4(2)6-3-5/h5-6H,1-4H2;3-4H,1-2H3. The smallest absolute Gasteiger partial charge is 0.293 e. The van der Waals surface area contributed by atoms with Crippen molar-refractivity contribution in [1.29, 1.82) is 0 Å². The van der Waals surface area contributed by atoms with Gasteiger partial charge in [0, 0.05) is 13.2 Å². The summed E-state index contributed by atoms with van der Waals surface area (Å²) in [7, 11) is 0. The molecule has 4 nitrogen and oxygen atoms in total. The van der Waals surface area contributed by atoms with E-state index in [0.717, 1.165) is 26.1 Å². The molecule has 1 heterocycles. The van der Waals surface area contributed by atoms with Crippen molar-refractivity contribution >= 4 is 6.47 Å². The summed E-state index contributed by atoms with van der Waals surface area (Å²) >= 11 is 0. The molecule has 0 unspecified atom stereocenters. The topological polar surface area (TPSA) is 55.8 Å². The second kappa shape index (κ2) is 8.01. The highest BCUT2D eigenvalue weighted by Crippen LogP contribution is 2.04. The lowest BCUT2D eigenvalue weighted by molar-refractivity contribution is -0.131. The fourth-order valence-corrected chi connectivity index (χ4v) is 0.796.